The Morgan fingerprint density at radius 1 is 1.12 bits per heavy atom. The van der Waals surface area contributed by atoms with Gasteiger partial charge in [-0.1, -0.05) is 43.7 Å². The van der Waals surface area contributed by atoms with Crippen LogP contribution >= 0.6 is 0 Å². The van der Waals surface area contributed by atoms with Crippen molar-refractivity contribution in [2.24, 2.45) is 5.92 Å². The van der Waals surface area contributed by atoms with Crippen molar-refractivity contribution < 1.29 is 4.79 Å². The first-order valence-corrected chi connectivity index (χ1v) is 12.6. The number of aromatic nitrogens is 2. The van der Waals surface area contributed by atoms with Gasteiger partial charge in [-0.2, -0.15) is 5.26 Å². The number of nitrogens with zero attached hydrogens (tertiary/aromatic N) is 6. The molecule has 0 unspecified atom stereocenters. The summed E-state index contributed by atoms with van der Waals surface area (Å²) in [6.07, 6.45) is 10.9. The number of hydrogen-bond acceptors (Lipinski definition) is 5. The number of anilines is 1. The minimum atomic E-state index is -0.173. The van der Waals surface area contributed by atoms with Gasteiger partial charge in [-0.05, 0) is 63.6 Å². The molecular formula is C27H34N6O. The monoisotopic (exact) mass is 458 g/mol. The molecule has 1 aliphatic heterocycles. The number of carbonyl (C=O) groups is 1. The van der Waals surface area contributed by atoms with Crippen LogP contribution < -0.4 is 4.90 Å². The molecule has 3 aliphatic rings. The normalized spacial score (nSPS) is 27.3. The Labute approximate surface area is 202 Å². The molecule has 3 fully saturated rings. The van der Waals surface area contributed by atoms with E-state index in [4.69, 9.17) is 5.26 Å². The summed E-state index contributed by atoms with van der Waals surface area (Å²) in [5.41, 5.74) is 1.89. The largest absolute Gasteiger partial charge is 0.325 e. The van der Waals surface area contributed by atoms with Crippen molar-refractivity contribution in [2.75, 3.05) is 31.6 Å². The number of rotatable bonds is 6. The zero-order valence-corrected chi connectivity index (χ0v) is 20.3. The molecule has 5 rings (SSSR count). The summed E-state index contributed by atoms with van der Waals surface area (Å²) in [6.45, 7) is 4.72. The van der Waals surface area contributed by atoms with Gasteiger partial charge in [0.05, 0.1) is 30.2 Å². The molecule has 1 aromatic carbocycles. The molecule has 178 valence electrons. The Balaban J connectivity index is 1.45. The van der Waals surface area contributed by atoms with Crippen LogP contribution in [0.1, 0.15) is 63.3 Å². The molecule has 1 aromatic heterocycles. The summed E-state index contributed by atoms with van der Waals surface area (Å²) in [5.74, 6) is 0.737. The van der Waals surface area contributed by atoms with Crippen molar-refractivity contribution in [3.05, 3.63) is 54.1 Å². The van der Waals surface area contributed by atoms with E-state index in [9.17, 15) is 4.79 Å². The minimum absolute atomic E-state index is 0.00256. The van der Waals surface area contributed by atoms with Gasteiger partial charge < -0.3 is 4.90 Å². The molecule has 2 saturated carbocycles. The first-order chi connectivity index (χ1) is 16.5. The topological polar surface area (TPSA) is 76.4 Å². The molecule has 1 saturated heterocycles. The highest BCUT2D eigenvalue weighted by atomic mass is 16.2. The van der Waals surface area contributed by atoms with Gasteiger partial charge in [-0.15, -0.1) is 0 Å². The first-order valence-electron chi connectivity index (χ1n) is 12.6. The van der Waals surface area contributed by atoms with E-state index in [0.29, 0.717) is 18.2 Å². The Bertz CT molecular complexity index is 1050. The van der Waals surface area contributed by atoms with Crippen LogP contribution in [0, 0.1) is 17.2 Å². The highest BCUT2D eigenvalue weighted by molar-refractivity contribution is 5.95. The molecule has 0 radical (unpaired) electrons. The summed E-state index contributed by atoms with van der Waals surface area (Å²) in [4.78, 5) is 28.5. The Morgan fingerprint density at radius 2 is 1.79 bits per heavy atom. The number of urea groups is 1. The van der Waals surface area contributed by atoms with E-state index in [1.807, 2.05) is 11.0 Å². The summed E-state index contributed by atoms with van der Waals surface area (Å²) < 4.78 is 0. The third-order valence-electron chi connectivity index (χ3n) is 8.73. The fourth-order valence-electron chi connectivity index (χ4n) is 6.22. The van der Waals surface area contributed by atoms with Crippen LogP contribution in [-0.4, -0.2) is 58.0 Å². The lowest BCUT2D eigenvalue weighted by Gasteiger charge is -2.52. The van der Waals surface area contributed by atoms with E-state index < -0.39 is 0 Å². The molecular weight excluding hydrogens is 424 g/mol. The second-order valence-corrected chi connectivity index (χ2v) is 10.3. The van der Waals surface area contributed by atoms with E-state index in [-0.39, 0.29) is 22.9 Å². The molecule has 2 aliphatic carbocycles. The SMILES string of the molecule is CCN(C)[C@]1(c2ccccc2)CC[C@@]2(CC1)CN(c1cnc(C#N)nc1)C(=O)N2CC1CCC1. The molecule has 0 atom stereocenters. The highest BCUT2D eigenvalue weighted by Gasteiger charge is 2.55. The molecule has 1 spiro atoms. The molecule has 2 aromatic rings. The maximum Gasteiger partial charge on any atom is 0.325 e. The number of nitriles is 1. The lowest BCUT2D eigenvalue weighted by atomic mass is 9.68. The maximum atomic E-state index is 13.8. The van der Waals surface area contributed by atoms with Gasteiger partial charge in [0.15, 0.2) is 0 Å². The van der Waals surface area contributed by atoms with Crippen LogP contribution in [0.15, 0.2) is 42.7 Å². The van der Waals surface area contributed by atoms with Crippen LogP contribution in [0.25, 0.3) is 0 Å². The zero-order chi connectivity index (χ0) is 23.8. The van der Waals surface area contributed by atoms with Crippen molar-refractivity contribution in [1.82, 2.24) is 19.8 Å². The van der Waals surface area contributed by atoms with Crippen LogP contribution in [0.5, 0.6) is 0 Å². The second kappa shape index (κ2) is 8.99. The summed E-state index contributed by atoms with van der Waals surface area (Å²) in [7, 11) is 2.23. The second-order valence-electron chi connectivity index (χ2n) is 10.3. The number of amides is 2. The van der Waals surface area contributed by atoms with Gasteiger partial charge in [0.1, 0.15) is 6.07 Å². The Kier molecular flexibility index (Phi) is 6.03. The standard InChI is InChI=1S/C27H34N6O/c1-3-31(2)27(22-10-5-4-6-11-22)14-12-26(13-15-27)20-32(23-17-29-24(16-28)30-18-23)25(34)33(26)19-21-8-7-9-21/h4-6,10-11,17-18,21H,3,7-9,12-15,19-20H2,1-2H3/t26-,27-. The fraction of sp³-hybridized carbons (Fsp3) is 0.556. The number of hydrogen-bond donors (Lipinski definition) is 0. The molecule has 7 heteroatoms. The summed E-state index contributed by atoms with van der Waals surface area (Å²) >= 11 is 0. The maximum absolute atomic E-state index is 13.8. The van der Waals surface area contributed by atoms with Gasteiger partial charge in [-0.25, -0.2) is 14.8 Å². The third kappa shape index (κ3) is 3.74. The molecule has 0 bridgehead atoms. The van der Waals surface area contributed by atoms with Crippen molar-refractivity contribution in [3.8, 4) is 6.07 Å². The van der Waals surface area contributed by atoms with E-state index in [0.717, 1.165) is 38.8 Å². The smallest absolute Gasteiger partial charge is 0.317 e. The van der Waals surface area contributed by atoms with Crippen molar-refractivity contribution >= 4 is 11.7 Å². The van der Waals surface area contributed by atoms with E-state index in [1.54, 1.807) is 12.4 Å². The highest BCUT2D eigenvalue weighted by Crippen LogP contribution is 2.50. The minimum Gasteiger partial charge on any atom is -0.317 e. The van der Waals surface area contributed by atoms with E-state index >= 15 is 0 Å². The molecule has 2 heterocycles. The van der Waals surface area contributed by atoms with Crippen molar-refractivity contribution in [1.29, 1.82) is 5.26 Å². The fourth-order valence-corrected chi connectivity index (χ4v) is 6.22. The van der Waals surface area contributed by atoms with E-state index in [2.05, 4.69) is 64.1 Å². The van der Waals surface area contributed by atoms with Gasteiger partial charge in [0, 0.05) is 12.1 Å². The molecule has 7 nitrogen and oxygen atoms in total. The first kappa shape index (κ1) is 22.8. The van der Waals surface area contributed by atoms with Gasteiger partial charge >= 0.3 is 6.03 Å². The quantitative estimate of drug-likeness (QED) is 0.635. The lowest BCUT2D eigenvalue weighted by molar-refractivity contribution is 0.00833. The number of carbonyl (C=O) groups excluding carboxylic acids is 1. The predicted molar refractivity (Wildman–Crippen MR) is 131 cm³/mol. The Morgan fingerprint density at radius 3 is 2.35 bits per heavy atom. The van der Waals surface area contributed by atoms with E-state index in [1.165, 1.54) is 24.8 Å². The number of benzene rings is 1. The predicted octanol–water partition coefficient (Wildman–Crippen LogP) is 4.55. The zero-order valence-electron chi connectivity index (χ0n) is 20.3. The van der Waals surface area contributed by atoms with Gasteiger partial charge in [0.25, 0.3) is 0 Å². The lowest BCUT2D eigenvalue weighted by Crippen LogP contribution is -2.57. The average molecular weight is 459 g/mol. The Hall–Kier alpha value is -2.98. The van der Waals surface area contributed by atoms with Crippen molar-refractivity contribution in [3.63, 3.8) is 0 Å². The van der Waals surface area contributed by atoms with Gasteiger partial charge in [0.2, 0.25) is 5.82 Å². The average Bonchev–Trinajstić information content (AvgIpc) is 3.13. The van der Waals surface area contributed by atoms with Crippen LogP contribution in [-0.2, 0) is 5.54 Å². The van der Waals surface area contributed by atoms with Crippen LogP contribution in [0.4, 0.5) is 10.5 Å². The summed E-state index contributed by atoms with van der Waals surface area (Å²) in [6, 6.07) is 12.9. The van der Waals surface area contributed by atoms with Gasteiger partial charge in [-0.3, -0.25) is 9.80 Å². The van der Waals surface area contributed by atoms with Crippen LogP contribution in [0.2, 0.25) is 0 Å². The molecule has 0 N–H and O–H groups in total. The van der Waals surface area contributed by atoms with Crippen LogP contribution in [0.3, 0.4) is 0 Å². The summed E-state index contributed by atoms with van der Waals surface area (Å²) in [5, 5.41) is 9.06. The molecule has 2 amide bonds. The van der Waals surface area contributed by atoms with Crippen molar-refractivity contribution in [2.45, 2.75) is 62.9 Å². The molecule has 34 heavy (non-hydrogen) atoms. The third-order valence-corrected chi connectivity index (χ3v) is 8.73.